The van der Waals surface area contributed by atoms with Crippen molar-refractivity contribution in [1.29, 1.82) is 0 Å². The number of azide groups is 1. The maximum Gasteiger partial charge on any atom is 0.255 e. The summed E-state index contributed by atoms with van der Waals surface area (Å²) in [5.41, 5.74) is 7.65. The maximum absolute atomic E-state index is 14.2. The van der Waals surface area contributed by atoms with Gasteiger partial charge in [-0.1, -0.05) is 12.5 Å². The average Bonchev–Trinajstić information content (AvgIpc) is 2.44. The lowest BCUT2D eigenvalue weighted by atomic mass is 10.1. The molecule has 1 aromatic rings. The van der Waals surface area contributed by atoms with Crippen molar-refractivity contribution < 1.29 is 13.6 Å². The molecular weight excluding hydrogens is 266 g/mol. The van der Waals surface area contributed by atoms with Crippen molar-refractivity contribution in [3.05, 3.63) is 45.3 Å². The van der Waals surface area contributed by atoms with Crippen molar-refractivity contribution in [2.75, 3.05) is 13.1 Å². The van der Waals surface area contributed by atoms with E-state index in [1.807, 2.05) is 0 Å². The quantitative estimate of drug-likeness (QED) is 0.483. The van der Waals surface area contributed by atoms with Crippen LogP contribution in [0.4, 0.5) is 8.78 Å². The number of carbonyl (C=O) groups excluding carboxylic acids is 1. The third kappa shape index (κ3) is 3.12. The minimum absolute atomic E-state index is 0.241. The first-order valence-corrected chi connectivity index (χ1v) is 6.42. The number of halogens is 2. The van der Waals surface area contributed by atoms with Gasteiger partial charge >= 0.3 is 0 Å². The van der Waals surface area contributed by atoms with Gasteiger partial charge in [-0.25, -0.2) is 8.78 Å². The first-order chi connectivity index (χ1) is 9.63. The number of hydrogen-bond donors (Lipinski definition) is 0. The van der Waals surface area contributed by atoms with E-state index in [0.717, 1.165) is 38.4 Å². The van der Waals surface area contributed by atoms with Crippen LogP contribution in [0.3, 0.4) is 0 Å². The Labute approximate surface area is 114 Å². The highest BCUT2D eigenvalue weighted by molar-refractivity contribution is 5.95. The van der Waals surface area contributed by atoms with E-state index in [2.05, 4.69) is 14.9 Å². The van der Waals surface area contributed by atoms with Crippen LogP contribution in [0.15, 0.2) is 17.2 Å². The van der Waals surface area contributed by atoms with Crippen LogP contribution >= 0.6 is 0 Å². The molecule has 0 spiro atoms. The van der Waals surface area contributed by atoms with E-state index in [1.165, 1.54) is 6.07 Å². The Morgan fingerprint density at radius 2 is 2.00 bits per heavy atom. The zero-order valence-electron chi connectivity index (χ0n) is 10.9. The number of carbonyl (C=O) groups is 1. The Morgan fingerprint density at radius 1 is 1.30 bits per heavy atom. The van der Waals surface area contributed by atoms with Crippen LogP contribution in [0.2, 0.25) is 0 Å². The molecule has 1 amide bonds. The fourth-order valence-corrected chi connectivity index (χ4v) is 2.36. The van der Waals surface area contributed by atoms with Crippen molar-refractivity contribution in [2.24, 2.45) is 5.11 Å². The maximum atomic E-state index is 14.2. The van der Waals surface area contributed by atoms with Crippen LogP contribution in [0.25, 0.3) is 10.4 Å². The summed E-state index contributed by atoms with van der Waals surface area (Å²) in [4.78, 5) is 15.7. The van der Waals surface area contributed by atoms with Gasteiger partial charge in [0, 0.05) is 17.0 Å². The van der Waals surface area contributed by atoms with Gasteiger partial charge in [-0.3, -0.25) is 9.69 Å². The third-order valence-corrected chi connectivity index (χ3v) is 3.36. The van der Waals surface area contributed by atoms with Crippen LogP contribution in [-0.4, -0.2) is 23.9 Å². The Bertz CT molecular complexity index is 564. The van der Waals surface area contributed by atoms with Gasteiger partial charge in [0.05, 0.1) is 5.56 Å². The molecule has 1 heterocycles. The normalized spacial score (nSPS) is 15.7. The van der Waals surface area contributed by atoms with Crippen LogP contribution in [-0.2, 0) is 6.54 Å². The molecule has 1 aliphatic heterocycles. The highest BCUT2D eigenvalue weighted by Crippen LogP contribution is 2.21. The first kappa shape index (κ1) is 14.4. The van der Waals surface area contributed by atoms with Crippen molar-refractivity contribution in [1.82, 2.24) is 4.90 Å². The molecule has 0 atom stereocenters. The zero-order valence-corrected chi connectivity index (χ0v) is 10.9. The third-order valence-electron chi connectivity index (χ3n) is 3.36. The molecule has 0 bridgehead atoms. The number of benzene rings is 1. The predicted molar refractivity (Wildman–Crippen MR) is 69.0 cm³/mol. The number of piperidine rings is 1. The molecule has 0 aliphatic carbocycles. The van der Waals surface area contributed by atoms with Gasteiger partial charge in [0.2, 0.25) is 0 Å². The molecule has 1 aromatic carbocycles. The molecule has 0 radical (unpaired) electrons. The fraction of sp³-hybridized carbons (Fsp3) is 0.462. The van der Waals surface area contributed by atoms with E-state index in [-0.39, 0.29) is 5.56 Å². The second-order valence-electron chi connectivity index (χ2n) is 4.73. The SMILES string of the molecule is [N-]=[N+]=NC(=O)c1c(F)ccc(CN2CCCCC2)c1F. The molecule has 0 unspecified atom stereocenters. The largest absolute Gasteiger partial charge is 0.299 e. The lowest BCUT2D eigenvalue weighted by Gasteiger charge is -2.26. The molecular formula is C13H14F2N4O. The minimum atomic E-state index is -1.23. The van der Waals surface area contributed by atoms with Gasteiger partial charge in [-0.15, -0.1) is 0 Å². The van der Waals surface area contributed by atoms with Gasteiger partial charge in [0.15, 0.2) is 0 Å². The van der Waals surface area contributed by atoms with E-state index in [1.54, 1.807) is 0 Å². The number of amides is 1. The summed E-state index contributed by atoms with van der Waals surface area (Å²) in [5.74, 6) is -3.18. The van der Waals surface area contributed by atoms with Crippen molar-refractivity contribution in [3.63, 3.8) is 0 Å². The number of rotatable bonds is 3. The molecule has 7 heteroatoms. The standard InChI is InChI=1S/C13H14F2N4O/c14-10-5-4-9(8-19-6-2-1-3-7-19)12(15)11(10)13(20)17-18-16/h4-5H,1-3,6-8H2. The Kier molecular flexibility index (Phi) is 4.65. The van der Waals surface area contributed by atoms with Crippen LogP contribution in [0, 0.1) is 11.6 Å². The summed E-state index contributed by atoms with van der Waals surface area (Å²) >= 11 is 0. The topological polar surface area (TPSA) is 69.1 Å². The summed E-state index contributed by atoms with van der Waals surface area (Å²) in [6, 6.07) is 2.36. The summed E-state index contributed by atoms with van der Waals surface area (Å²) in [6.07, 6.45) is 3.25. The lowest BCUT2D eigenvalue weighted by Crippen LogP contribution is -2.29. The van der Waals surface area contributed by atoms with Crippen LogP contribution in [0.1, 0.15) is 35.2 Å². The number of nitrogens with zero attached hydrogens (tertiary/aromatic N) is 4. The van der Waals surface area contributed by atoms with Gasteiger partial charge in [0.25, 0.3) is 5.91 Å². The second-order valence-corrected chi connectivity index (χ2v) is 4.73. The second kappa shape index (κ2) is 6.45. The zero-order chi connectivity index (χ0) is 14.5. The van der Waals surface area contributed by atoms with Gasteiger partial charge < -0.3 is 0 Å². The van der Waals surface area contributed by atoms with Gasteiger partial charge in [-0.2, -0.15) is 0 Å². The predicted octanol–water partition coefficient (Wildman–Crippen LogP) is 3.40. The Hall–Kier alpha value is -1.98. The van der Waals surface area contributed by atoms with Crippen molar-refractivity contribution in [3.8, 4) is 0 Å². The lowest BCUT2D eigenvalue weighted by molar-refractivity contribution is 0.0991. The monoisotopic (exact) mass is 280 g/mol. The van der Waals surface area contributed by atoms with Crippen LogP contribution < -0.4 is 0 Å². The highest BCUT2D eigenvalue weighted by Gasteiger charge is 2.21. The highest BCUT2D eigenvalue weighted by atomic mass is 19.1. The van der Waals surface area contributed by atoms with Crippen molar-refractivity contribution in [2.45, 2.75) is 25.8 Å². The molecule has 20 heavy (non-hydrogen) atoms. The molecule has 0 aromatic heterocycles. The average molecular weight is 280 g/mol. The summed E-state index contributed by atoms with van der Waals surface area (Å²) in [6.45, 7) is 2.04. The number of likely N-dealkylation sites (tertiary alicyclic amines) is 1. The van der Waals surface area contributed by atoms with Crippen LogP contribution in [0.5, 0.6) is 0 Å². The fourth-order valence-electron chi connectivity index (χ4n) is 2.36. The molecule has 1 fully saturated rings. The molecule has 2 rings (SSSR count). The summed E-state index contributed by atoms with van der Waals surface area (Å²) in [5, 5.41) is 2.75. The number of hydrogen-bond acceptors (Lipinski definition) is 2. The van der Waals surface area contributed by atoms with E-state index in [4.69, 9.17) is 5.53 Å². The van der Waals surface area contributed by atoms with E-state index < -0.39 is 23.1 Å². The van der Waals surface area contributed by atoms with Gasteiger partial charge in [0.1, 0.15) is 11.6 Å². The Balaban J connectivity index is 2.28. The molecule has 0 N–H and O–H groups in total. The molecule has 106 valence electrons. The smallest absolute Gasteiger partial charge is 0.255 e. The summed E-state index contributed by atoms with van der Waals surface area (Å²) < 4.78 is 27.7. The van der Waals surface area contributed by atoms with E-state index >= 15 is 0 Å². The van der Waals surface area contributed by atoms with E-state index in [9.17, 15) is 13.6 Å². The summed E-state index contributed by atoms with van der Waals surface area (Å²) in [7, 11) is 0. The van der Waals surface area contributed by atoms with Gasteiger partial charge in [-0.05, 0) is 42.6 Å². The van der Waals surface area contributed by atoms with Crippen molar-refractivity contribution >= 4 is 5.91 Å². The molecule has 0 saturated carbocycles. The van der Waals surface area contributed by atoms with E-state index in [0.29, 0.717) is 6.54 Å². The molecule has 1 aliphatic rings. The molecule has 1 saturated heterocycles. The Morgan fingerprint density at radius 3 is 2.65 bits per heavy atom. The molecule has 5 nitrogen and oxygen atoms in total. The first-order valence-electron chi connectivity index (χ1n) is 6.42. The minimum Gasteiger partial charge on any atom is -0.299 e.